The van der Waals surface area contributed by atoms with Crippen molar-refractivity contribution in [2.24, 2.45) is 0 Å². The molecule has 24 heavy (non-hydrogen) atoms. The number of rotatable bonds is 5. The van der Waals surface area contributed by atoms with Gasteiger partial charge >= 0.3 is 5.97 Å². The molecule has 5 nitrogen and oxygen atoms in total. The van der Waals surface area contributed by atoms with Crippen LogP contribution in [0.3, 0.4) is 0 Å². The Kier molecular flexibility index (Phi) is 4.61. The molecule has 0 bridgehead atoms. The van der Waals surface area contributed by atoms with E-state index in [1.807, 2.05) is 53.2 Å². The van der Waals surface area contributed by atoms with E-state index in [1.165, 1.54) is 7.11 Å². The molecule has 122 valence electrons. The molecule has 3 aromatic rings. The molecule has 0 spiro atoms. The van der Waals surface area contributed by atoms with E-state index in [0.29, 0.717) is 12.1 Å². The van der Waals surface area contributed by atoms with Gasteiger partial charge in [0.25, 0.3) is 0 Å². The van der Waals surface area contributed by atoms with Crippen LogP contribution in [0.15, 0.2) is 60.9 Å². The van der Waals surface area contributed by atoms with E-state index in [0.717, 1.165) is 22.7 Å². The van der Waals surface area contributed by atoms with Crippen LogP contribution in [0.2, 0.25) is 0 Å². The molecule has 0 aliphatic rings. The molecule has 1 aromatic heterocycles. The van der Waals surface area contributed by atoms with Gasteiger partial charge in [0.05, 0.1) is 19.8 Å². The summed E-state index contributed by atoms with van der Waals surface area (Å²) in [6.07, 6.45) is 3.65. The molecule has 0 aliphatic heterocycles. The molecular weight excluding hydrogens is 304 g/mol. The second-order valence-electron chi connectivity index (χ2n) is 5.26. The van der Waals surface area contributed by atoms with Gasteiger partial charge in [-0.2, -0.15) is 0 Å². The van der Waals surface area contributed by atoms with Crippen LogP contribution in [0, 0.1) is 0 Å². The SMILES string of the molecule is COC(=O)c1ccccc1Cn1ccnc1-c1ccc(OC)cc1. The molecule has 1 heterocycles. The lowest BCUT2D eigenvalue weighted by molar-refractivity contribution is 0.0599. The van der Waals surface area contributed by atoms with E-state index >= 15 is 0 Å². The molecule has 0 amide bonds. The van der Waals surface area contributed by atoms with Crippen LogP contribution in [-0.2, 0) is 11.3 Å². The normalized spacial score (nSPS) is 10.4. The van der Waals surface area contributed by atoms with Gasteiger partial charge in [0, 0.05) is 24.5 Å². The minimum Gasteiger partial charge on any atom is -0.497 e. The maximum absolute atomic E-state index is 11.9. The fraction of sp³-hybridized carbons (Fsp3) is 0.158. The Hall–Kier alpha value is -3.08. The summed E-state index contributed by atoms with van der Waals surface area (Å²) in [7, 11) is 3.03. The number of nitrogens with zero attached hydrogens (tertiary/aromatic N) is 2. The number of benzene rings is 2. The number of methoxy groups -OCH3 is 2. The third-order valence-corrected chi connectivity index (χ3v) is 3.83. The average Bonchev–Trinajstić information content (AvgIpc) is 3.09. The van der Waals surface area contributed by atoms with Crippen LogP contribution in [0.4, 0.5) is 0 Å². The fourth-order valence-corrected chi connectivity index (χ4v) is 2.59. The minimum absolute atomic E-state index is 0.336. The number of imidazole rings is 1. The quantitative estimate of drug-likeness (QED) is 0.676. The third kappa shape index (κ3) is 3.15. The summed E-state index contributed by atoms with van der Waals surface area (Å²) in [6.45, 7) is 0.534. The number of hydrogen-bond donors (Lipinski definition) is 0. The predicted molar refractivity (Wildman–Crippen MR) is 91.1 cm³/mol. The topological polar surface area (TPSA) is 53.4 Å². The molecular formula is C19H18N2O3. The van der Waals surface area contributed by atoms with Crippen molar-refractivity contribution in [3.05, 3.63) is 72.1 Å². The Morgan fingerprint density at radius 2 is 1.83 bits per heavy atom. The molecule has 0 saturated heterocycles. The summed E-state index contributed by atoms with van der Waals surface area (Å²) in [4.78, 5) is 16.4. The lowest BCUT2D eigenvalue weighted by Gasteiger charge is -2.11. The van der Waals surface area contributed by atoms with Crippen molar-refractivity contribution in [2.45, 2.75) is 6.54 Å². The molecule has 0 N–H and O–H groups in total. The highest BCUT2D eigenvalue weighted by Gasteiger charge is 2.13. The first-order valence-corrected chi connectivity index (χ1v) is 7.54. The first-order valence-electron chi connectivity index (χ1n) is 7.54. The van der Waals surface area contributed by atoms with Gasteiger partial charge in [-0.1, -0.05) is 18.2 Å². The van der Waals surface area contributed by atoms with Crippen molar-refractivity contribution in [1.82, 2.24) is 9.55 Å². The van der Waals surface area contributed by atoms with Gasteiger partial charge in [0.2, 0.25) is 0 Å². The lowest BCUT2D eigenvalue weighted by Crippen LogP contribution is -2.09. The minimum atomic E-state index is -0.336. The number of aromatic nitrogens is 2. The zero-order valence-electron chi connectivity index (χ0n) is 13.6. The van der Waals surface area contributed by atoms with Crippen molar-refractivity contribution in [1.29, 1.82) is 0 Å². The summed E-state index contributed by atoms with van der Waals surface area (Å²) in [6, 6.07) is 15.1. The largest absolute Gasteiger partial charge is 0.497 e. The Morgan fingerprint density at radius 1 is 1.08 bits per heavy atom. The van der Waals surface area contributed by atoms with Crippen LogP contribution in [0.5, 0.6) is 5.75 Å². The van der Waals surface area contributed by atoms with Gasteiger partial charge in [-0.3, -0.25) is 0 Å². The van der Waals surface area contributed by atoms with Crippen LogP contribution >= 0.6 is 0 Å². The second-order valence-corrected chi connectivity index (χ2v) is 5.26. The summed E-state index contributed by atoms with van der Waals surface area (Å²) < 4.78 is 12.1. The fourth-order valence-electron chi connectivity index (χ4n) is 2.59. The Bertz CT molecular complexity index is 838. The maximum Gasteiger partial charge on any atom is 0.338 e. The lowest BCUT2D eigenvalue weighted by atomic mass is 10.1. The Balaban J connectivity index is 1.93. The Labute approximate surface area is 140 Å². The van der Waals surface area contributed by atoms with Gasteiger partial charge in [-0.25, -0.2) is 9.78 Å². The van der Waals surface area contributed by atoms with Crippen LogP contribution in [-0.4, -0.2) is 29.7 Å². The van der Waals surface area contributed by atoms with Crippen LogP contribution in [0.1, 0.15) is 15.9 Å². The van der Waals surface area contributed by atoms with Gasteiger partial charge in [-0.05, 0) is 35.9 Å². The van der Waals surface area contributed by atoms with Gasteiger partial charge in [-0.15, -0.1) is 0 Å². The van der Waals surface area contributed by atoms with Crippen LogP contribution in [0.25, 0.3) is 11.4 Å². The van der Waals surface area contributed by atoms with Crippen molar-refractivity contribution in [3.63, 3.8) is 0 Å². The van der Waals surface area contributed by atoms with E-state index in [9.17, 15) is 4.79 Å². The average molecular weight is 322 g/mol. The van der Waals surface area contributed by atoms with Crippen molar-refractivity contribution >= 4 is 5.97 Å². The highest BCUT2D eigenvalue weighted by molar-refractivity contribution is 5.91. The summed E-state index contributed by atoms with van der Waals surface area (Å²) >= 11 is 0. The smallest absolute Gasteiger partial charge is 0.338 e. The molecule has 0 aliphatic carbocycles. The highest BCUT2D eigenvalue weighted by atomic mass is 16.5. The molecule has 5 heteroatoms. The number of carbonyl (C=O) groups excluding carboxylic acids is 1. The second kappa shape index (κ2) is 7.00. The zero-order chi connectivity index (χ0) is 16.9. The molecule has 3 rings (SSSR count). The third-order valence-electron chi connectivity index (χ3n) is 3.83. The van der Waals surface area contributed by atoms with Crippen molar-refractivity contribution in [3.8, 4) is 17.1 Å². The molecule has 0 saturated carbocycles. The summed E-state index contributed by atoms with van der Waals surface area (Å²) in [5.41, 5.74) is 2.43. The standard InChI is InChI=1S/C19H18N2O3/c1-23-16-9-7-14(8-10-16)18-20-11-12-21(18)13-15-5-3-4-6-17(15)19(22)24-2/h3-12H,13H2,1-2H3. The number of carbonyl (C=O) groups is 1. The van der Waals surface area contributed by atoms with Gasteiger partial charge in [0.15, 0.2) is 0 Å². The predicted octanol–water partition coefficient (Wildman–Crippen LogP) is 3.39. The van der Waals surface area contributed by atoms with E-state index in [1.54, 1.807) is 19.4 Å². The maximum atomic E-state index is 11.9. The Morgan fingerprint density at radius 3 is 2.54 bits per heavy atom. The molecule has 0 unspecified atom stereocenters. The van der Waals surface area contributed by atoms with E-state index < -0.39 is 0 Å². The van der Waals surface area contributed by atoms with E-state index in [-0.39, 0.29) is 5.97 Å². The van der Waals surface area contributed by atoms with Crippen molar-refractivity contribution in [2.75, 3.05) is 14.2 Å². The zero-order valence-corrected chi connectivity index (χ0v) is 13.6. The molecule has 0 fully saturated rings. The van der Waals surface area contributed by atoms with Gasteiger partial charge < -0.3 is 14.0 Å². The number of hydrogen-bond acceptors (Lipinski definition) is 4. The van der Waals surface area contributed by atoms with Gasteiger partial charge in [0.1, 0.15) is 11.6 Å². The monoisotopic (exact) mass is 322 g/mol. The highest BCUT2D eigenvalue weighted by Crippen LogP contribution is 2.22. The molecule has 0 radical (unpaired) electrons. The summed E-state index contributed by atoms with van der Waals surface area (Å²) in [5, 5.41) is 0. The number of esters is 1. The summed E-state index contributed by atoms with van der Waals surface area (Å²) in [5.74, 6) is 1.29. The van der Waals surface area contributed by atoms with Crippen LogP contribution < -0.4 is 4.74 Å². The first kappa shape index (κ1) is 15.8. The first-order chi connectivity index (χ1) is 11.7. The van der Waals surface area contributed by atoms with Crippen molar-refractivity contribution < 1.29 is 14.3 Å². The molecule has 2 aromatic carbocycles. The molecule has 0 atom stereocenters. The van der Waals surface area contributed by atoms with E-state index in [4.69, 9.17) is 9.47 Å². The van der Waals surface area contributed by atoms with E-state index in [2.05, 4.69) is 4.98 Å². The number of ether oxygens (including phenoxy) is 2.